The first-order valence-electron chi connectivity index (χ1n) is 10.2. The largest absolute Gasteiger partial charge is 0.444 e. The van der Waals surface area contributed by atoms with Gasteiger partial charge < -0.3 is 20.0 Å². The summed E-state index contributed by atoms with van der Waals surface area (Å²) in [5.41, 5.74) is 2.86. The quantitative estimate of drug-likeness (QED) is 0.484. The zero-order chi connectivity index (χ0) is 20.8. The Morgan fingerprint density at radius 2 is 2.00 bits per heavy atom. The molecule has 1 aliphatic rings. The molecule has 6 nitrogen and oxygen atoms in total. The summed E-state index contributed by atoms with van der Waals surface area (Å²) in [5.74, 6) is 1.01. The average molecular weight is 407 g/mol. The molecule has 1 unspecified atom stereocenters. The predicted molar refractivity (Wildman–Crippen MR) is 117 cm³/mol. The highest BCUT2D eigenvalue weighted by Gasteiger charge is 2.23. The monoisotopic (exact) mass is 407 g/mol. The standard InChI is InChI=1S/C23H26FN5O/c1-25-23(28-19-12-14-29(15-19)21-5-3-2-4-6-21)26-13-11-20-16-30-22(27-20)17-7-9-18(24)10-8-17/h2-10,16,19H,11-15H2,1H3,(H2,25,26,28). The van der Waals surface area contributed by atoms with Crippen LogP contribution in [0.5, 0.6) is 0 Å². The maximum absolute atomic E-state index is 13.1. The van der Waals surface area contributed by atoms with E-state index < -0.39 is 0 Å². The number of halogens is 1. The summed E-state index contributed by atoms with van der Waals surface area (Å²) >= 11 is 0. The Bertz CT molecular complexity index is 971. The van der Waals surface area contributed by atoms with Crippen molar-refractivity contribution in [1.29, 1.82) is 0 Å². The lowest BCUT2D eigenvalue weighted by atomic mass is 10.2. The number of aromatic nitrogens is 1. The first kappa shape index (κ1) is 19.9. The van der Waals surface area contributed by atoms with Crippen LogP contribution in [-0.4, -0.2) is 43.7 Å². The van der Waals surface area contributed by atoms with Crippen LogP contribution >= 0.6 is 0 Å². The maximum Gasteiger partial charge on any atom is 0.226 e. The van der Waals surface area contributed by atoms with Gasteiger partial charge in [0.15, 0.2) is 5.96 Å². The van der Waals surface area contributed by atoms with Crippen molar-refractivity contribution in [1.82, 2.24) is 15.6 Å². The van der Waals surface area contributed by atoms with Gasteiger partial charge in [-0.05, 0) is 42.8 Å². The van der Waals surface area contributed by atoms with E-state index in [4.69, 9.17) is 4.42 Å². The summed E-state index contributed by atoms with van der Waals surface area (Å²) in [6.07, 6.45) is 3.41. The molecule has 2 heterocycles. The van der Waals surface area contributed by atoms with E-state index in [0.29, 0.717) is 24.9 Å². The number of aliphatic imine (C=N–C) groups is 1. The number of hydrogen-bond acceptors (Lipinski definition) is 4. The number of anilines is 1. The minimum Gasteiger partial charge on any atom is -0.444 e. The van der Waals surface area contributed by atoms with Gasteiger partial charge in [0.1, 0.15) is 12.1 Å². The molecule has 0 saturated carbocycles. The average Bonchev–Trinajstić information content (AvgIpc) is 3.44. The molecule has 0 bridgehead atoms. The summed E-state index contributed by atoms with van der Waals surface area (Å²) in [5, 5.41) is 6.85. The second-order valence-electron chi connectivity index (χ2n) is 7.31. The number of nitrogens with one attached hydrogen (secondary N) is 2. The SMILES string of the molecule is CN=C(NCCc1coc(-c2ccc(F)cc2)n1)NC1CCN(c2ccccc2)C1. The summed E-state index contributed by atoms with van der Waals surface area (Å²) in [7, 11) is 1.78. The summed E-state index contributed by atoms with van der Waals surface area (Å²) in [6.45, 7) is 2.67. The Morgan fingerprint density at radius 3 is 2.77 bits per heavy atom. The van der Waals surface area contributed by atoms with Gasteiger partial charge in [-0.3, -0.25) is 4.99 Å². The molecule has 7 heteroatoms. The molecule has 1 aliphatic heterocycles. The van der Waals surface area contributed by atoms with Crippen LogP contribution in [0.25, 0.3) is 11.5 Å². The Hall–Kier alpha value is -3.35. The van der Waals surface area contributed by atoms with E-state index in [2.05, 4.69) is 49.8 Å². The van der Waals surface area contributed by atoms with Gasteiger partial charge in [0, 0.05) is 50.4 Å². The first-order valence-corrected chi connectivity index (χ1v) is 10.2. The number of benzene rings is 2. The van der Waals surface area contributed by atoms with Crippen LogP contribution in [0.1, 0.15) is 12.1 Å². The molecular weight excluding hydrogens is 381 g/mol. The fraction of sp³-hybridized carbons (Fsp3) is 0.304. The molecule has 3 aromatic rings. The maximum atomic E-state index is 13.1. The molecule has 156 valence electrons. The van der Waals surface area contributed by atoms with Crippen molar-refractivity contribution in [3.05, 3.63) is 72.4 Å². The van der Waals surface area contributed by atoms with E-state index in [9.17, 15) is 4.39 Å². The van der Waals surface area contributed by atoms with E-state index in [-0.39, 0.29) is 5.82 Å². The number of rotatable bonds is 6. The fourth-order valence-corrected chi connectivity index (χ4v) is 3.60. The number of nitrogens with zero attached hydrogens (tertiary/aromatic N) is 3. The number of guanidine groups is 1. The zero-order valence-corrected chi connectivity index (χ0v) is 17.0. The highest BCUT2D eigenvalue weighted by molar-refractivity contribution is 5.80. The van der Waals surface area contributed by atoms with Crippen LogP contribution in [0, 0.1) is 5.82 Å². The molecule has 1 atom stereocenters. The lowest BCUT2D eigenvalue weighted by molar-refractivity contribution is 0.571. The van der Waals surface area contributed by atoms with Crippen molar-refractivity contribution in [2.75, 3.05) is 31.6 Å². The number of hydrogen-bond donors (Lipinski definition) is 2. The van der Waals surface area contributed by atoms with Crippen molar-refractivity contribution >= 4 is 11.6 Å². The Kier molecular flexibility index (Phi) is 6.27. The normalized spacial score (nSPS) is 16.7. The van der Waals surface area contributed by atoms with Gasteiger partial charge >= 0.3 is 0 Å². The summed E-state index contributed by atoms with van der Waals surface area (Å²) < 4.78 is 18.6. The Labute approximate surface area is 175 Å². The zero-order valence-electron chi connectivity index (χ0n) is 17.0. The van der Waals surface area contributed by atoms with Gasteiger partial charge in [-0.1, -0.05) is 18.2 Å². The lowest BCUT2D eigenvalue weighted by Gasteiger charge is -2.20. The Morgan fingerprint density at radius 1 is 1.20 bits per heavy atom. The molecule has 1 aromatic heterocycles. The second-order valence-corrected chi connectivity index (χ2v) is 7.31. The van der Waals surface area contributed by atoms with Crippen molar-refractivity contribution in [2.45, 2.75) is 18.9 Å². The molecule has 0 spiro atoms. The lowest BCUT2D eigenvalue weighted by Crippen LogP contribution is -2.45. The van der Waals surface area contributed by atoms with E-state index >= 15 is 0 Å². The smallest absolute Gasteiger partial charge is 0.226 e. The third kappa shape index (κ3) is 4.97. The van der Waals surface area contributed by atoms with Crippen LogP contribution in [0.4, 0.5) is 10.1 Å². The molecule has 1 saturated heterocycles. The third-order valence-electron chi connectivity index (χ3n) is 5.19. The van der Waals surface area contributed by atoms with E-state index in [1.165, 1.54) is 17.8 Å². The molecule has 0 aliphatic carbocycles. The molecule has 4 rings (SSSR count). The summed E-state index contributed by atoms with van der Waals surface area (Å²) in [4.78, 5) is 11.2. The van der Waals surface area contributed by atoms with E-state index in [1.54, 1.807) is 25.4 Å². The number of para-hydroxylation sites is 1. The number of oxazole rings is 1. The van der Waals surface area contributed by atoms with E-state index in [1.807, 2.05) is 6.07 Å². The second kappa shape index (κ2) is 9.43. The topological polar surface area (TPSA) is 65.7 Å². The van der Waals surface area contributed by atoms with Crippen molar-refractivity contribution in [3.63, 3.8) is 0 Å². The van der Waals surface area contributed by atoms with Gasteiger partial charge in [0.25, 0.3) is 0 Å². The molecule has 1 fully saturated rings. The first-order chi connectivity index (χ1) is 14.7. The highest BCUT2D eigenvalue weighted by atomic mass is 19.1. The van der Waals surface area contributed by atoms with Crippen LogP contribution in [-0.2, 0) is 6.42 Å². The van der Waals surface area contributed by atoms with Gasteiger partial charge in [0.2, 0.25) is 5.89 Å². The fourth-order valence-electron chi connectivity index (χ4n) is 3.60. The predicted octanol–water partition coefficient (Wildman–Crippen LogP) is 3.47. The third-order valence-corrected chi connectivity index (χ3v) is 5.19. The highest BCUT2D eigenvalue weighted by Crippen LogP contribution is 2.20. The van der Waals surface area contributed by atoms with Crippen LogP contribution in [0.2, 0.25) is 0 Å². The van der Waals surface area contributed by atoms with Crippen LogP contribution < -0.4 is 15.5 Å². The van der Waals surface area contributed by atoms with Gasteiger partial charge in [-0.25, -0.2) is 9.37 Å². The minimum atomic E-state index is -0.275. The summed E-state index contributed by atoms with van der Waals surface area (Å²) in [6, 6.07) is 17.0. The Balaban J connectivity index is 1.24. The van der Waals surface area contributed by atoms with Crippen molar-refractivity contribution in [2.24, 2.45) is 4.99 Å². The molecule has 2 aromatic carbocycles. The molecule has 30 heavy (non-hydrogen) atoms. The van der Waals surface area contributed by atoms with Crippen molar-refractivity contribution < 1.29 is 8.81 Å². The van der Waals surface area contributed by atoms with Crippen molar-refractivity contribution in [3.8, 4) is 11.5 Å². The minimum absolute atomic E-state index is 0.275. The van der Waals surface area contributed by atoms with Crippen LogP contribution in [0.3, 0.4) is 0 Å². The van der Waals surface area contributed by atoms with Crippen LogP contribution in [0.15, 0.2) is 70.3 Å². The molecule has 0 amide bonds. The van der Waals surface area contributed by atoms with Gasteiger partial charge in [0.05, 0.1) is 5.69 Å². The molecule has 0 radical (unpaired) electrons. The molecular formula is C23H26FN5O. The van der Waals surface area contributed by atoms with Gasteiger partial charge in [-0.15, -0.1) is 0 Å². The van der Waals surface area contributed by atoms with Gasteiger partial charge in [-0.2, -0.15) is 0 Å². The van der Waals surface area contributed by atoms with E-state index in [0.717, 1.165) is 36.7 Å². The molecule has 2 N–H and O–H groups in total.